The van der Waals surface area contributed by atoms with Crippen LogP contribution < -0.4 is 0 Å². The summed E-state index contributed by atoms with van der Waals surface area (Å²) in [7, 11) is 2.55. The van der Waals surface area contributed by atoms with Gasteiger partial charge >= 0.3 is 19.1 Å². The third-order valence-corrected chi connectivity index (χ3v) is 10.5. The van der Waals surface area contributed by atoms with Gasteiger partial charge < -0.3 is 18.8 Å². The highest BCUT2D eigenvalue weighted by molar-refractivity contribution is 9.10. The van der Waals surface area contributed by atoms with Crippen LogP contribution >= 0.6 is 28.6 Å². The summed E-state index contributed by atoms with van der Waals surface area (Å²) >= 11 is 7.07. The maximum atomic E-state index is 11.8. The maximum absolute atomic E-state index is 11.8. The number of halogens is 1. The largest absolute Gasteiger partial charge is 0.486 e. The second-order valence-corrected chi connectivity index (χ2v) is 14.9. The van der Waals surface area contributed by atoms with Crippen LogP contribution in [0.4, 0.5) is 0 Å². The van der Waals surface area contributed by atoms with Crippen LogP contribution in [0, 0.1) is 0 Å². The van der Waals surface area contributed by atoms with Gasteiger partial charge in [-0.2, -0.15) is 12.6 Å². The predicted octanol–water partition coefficient (Wildman–Crippen LogP) is 12.3. The maximum Gasteiger partial charge on any atom is 0.486 e. The molecule has 1 saturated heterocycles. The monoisotopic (exact) mass is 892 g/mol. The normalized spacial score (nSPS) is 13.0. The molecular formula is C49H58BBrN2O6S. The molecule has 1 fully saturated rings. The highest BCUT2D eigenvalue weighted by Crippen LogP contribution is 2.37. The number of rotatable bonds is 8. The summed E-state index contributed by atoms with van der Waals surface area (Å²) in [5, 5.41) is 2.02. The first kappa shape index (κ1) is 51.1. The molecule has 1 aliphatic rings. The first-order chi connectivity index (χ1) is 27.8. The van der Waals surface area contributed by atoms with Crippen molar-refractivity contribution in [2.45, 2.75) is 66.6 Å². The van der Waals surface area contributed by atoms with Crippen LogP contribution in [-0.2, 0) is 41.2 Å². The number of nitrogens with zero attached hydrogens (tertiary/aromatic N) is 2. The van der Waals surface area contributed by atoms with Crippen molar-refractivity contribution >= 4 is 75.5 Å². The third kappa shape index (κ3) is 12.3. The van der Waals surface area contributed by atoms with E-state index in [4.69, 9.17) is 18.8 Å². The van der Waals surface area contributed by atoms with Crippen LogP contribution in [0.2, 0.25) is 0 Å². The molecule has 0 spiro atoms. The van der Waals surface area contributed by atoms with Gasteiger partial charge in [0.25, 0.3) is 0 Å². The molecule has 0 bridgehead atoms. The molecule has 11 heteroatoms. The van der Waals surface area contributed by atoms with Gasteiger partial charge in [-0.05, 0) is 89.3 Å². The summed E-state index contributed by atoms with van der Waals surface area (Å²) in [5.74, 6) is 1.13. The predicted molar refractivity (Wildman–Crippen MR) is 258 cm³/mol. The third-order valence-electron chi connectivity index (χ3n) is 9.87. The fourth-order valence-corrected chi connectivity index (χ4v) is 6.75. The number of benzene rings is 4. The number of ether oxygens (including phenoxy) is 2. The number of carbonyl (C=O) groups is 2. The van der Waals surface area contributed by atoms with Gasteiger partial charge in [-0.25, -0.2) is 0 Å². The van der Waals surface area contributed by atoms with E-state index in [0.717, 1.165) is 65.2 Å². The van der Waals surface area contributed by atoms with Gasteiger partial charge in [0.05, 0.1) is 49.3 Å². The van der Waals surface area contributed by atoms with E-state index in [1.54, 1.807) is 30.7 Å². The van der Waals surface area contributed by atoms with Crippen molar-refractivity contribution in [1.82, 2.24) is 9.97 Å². The van der Waals surface area contributed by atoms with E-state index in [9.17, 15) is 9.59 Å². The Bertz CT molecular complexity index is 2340. The Morgan fingerprint density at radius 2 is 1.10 bits per heavy atom. The van der Waals surface area contributed by atoms with Crippen molar-refractivity contribution in [2.75, 3.05) is 20.5 Å². The van der Waals surface area contributed by atoms with Crippen molar-refractivity contribution in [3.05, 3.63) is 150 Å². The lowest BCUT2D eigenvalue weighted by Crippen LogP contribution is -2.41. The van der Waals surface area contributed by atoms with Crippen LogP contribution in [0.5, 0.6) is 0 Å². The molecule has 0 aliphatic carbocycles. The molecule has 0 amide bonds. The highest BCUT2D eigenvalue weighted by Gasteiger charge is 2.49. The molecule has 0 atom stereocenters. The van der Waals surface area contributed by atoms with Gasteiger partial charge in [-0.15, -0.1) is 6.58 Å². The van der Waals surface area contributed by atoms with E-state index >= 15 is 0 Å². The molecule has 1 aliphatic heterocycles. The van der Waals surface area contributed by atoms with Gasteiger partial charge in [0.15, 0.2) is 0 Å². The number of fused-ring (bicyclic) bond motifs is 2. The van der Waals surface area contributed by atoms with Crippen molar-refractivity contribution in [3.63, 3.8) is 0 Å². The van der Waals surface area contributed by atoms with Crippen molar-refractivity contribution in [1.29, 1.82) is 0 Å². The van der Waals surface area contributed by atoms with Crippen molar-refractivity contribution in [3.8, 4) is 22.3 Å². The number of esters is 2. The second-order valence-electron chi connectivity index (χ2n) is 14.0. The molecule has 60 heavy (non-hydrogen) atoms. The zero-order chi connectivity index (χ0) is 42.5. The topological polar surface area (TPSA) is 96.8 Å². The molecule has 0 radical (unpaired) electrons. The van der Waals surface area contributed by atoms with E-state index in [1.807, 2.05) is 125 Å². The standard InChI is InChI=1S/C20H17NO2.C18H14BrNO2.C8H15BO2.CH4S.2CH4/c1-3-14-10-7-11-17-19(15-8-5-4-6-9-15)16(12-18(22)23-2)13-21-20(14)17;1-22-16(21)10-13-11-20-18-14(8-5-9-15(18)19)17(13)12-6-3-2-4-7-12;1-6-9-10-7(2,3)8(4,5)11-9;1-2;;/h3-11,13H,1,12H2,2H3;2-9,11H,10H2,1H3;6H,1H2,2-5H3;2H,1H3;2*1H4. The first-order valence-electron chi connectivity index (χ1n) is 18.6. The molecule has 0 unspecified atom stereocenters. The van der Waals surface area contributed by atoms with Crippen molar-refractivity contribution < 1.29 is 28.4 Å². The zero-order valence-corrected chi connectivity index (χ0v) is 36.6. The second kappa shape index (κ2) is 23.7. The summed E-state index contributed by atoms with van der Waals surface area (Å²) in [6.45, 7) is 15.6. The number of hydrogen-bond donors (Lipinski definition) is 1. The number of pyridine rings is 2. The number of hydrogen-bond acceptors (Lipinski definition) is 9. The van der Waals surface area contributed by atoms with Crippen LogP contribution in [0.1, 0.15) is 59.2 Å². The van der Waals surface area contributed by atoms with Gasteiger partial charge in [-0.1, -0.05) is 124 Å². The minimum Gasteiger partial charge on any atom is -0.469 e. The fraction of sp³-hybridized carbons (Fsp3) is 0.265. The van der Waals surface area contributed by atoms with E-state index in [0.29, 0.717) is 0 Å². The summed E-state index contributed by atoms with van der Waals surface area (Å²) in [6.07, 6.45) is 7.41. The summed E-state index contributed by atoms with van der Waals surface area (Å²) in [6, 6.07) is 32.0. The number of methoxy groups -OCH3 is 2. The number of thiol groups is 1. The molecule has 7 rings (SSSR count). The average molecular weight is 894 g/mol. The minimum atomic E-state index is -0.275. The SMILES string of the molecule is C.C.C=CB1OC(C)(C)C(C)(C)O1.C=Cc1cccc2c(-c3ccccc3)c(CC(=O)OC)cnc12.COC(=O)Cc1cnc2c(Br)cccc2c1-c1ccccc1.CS. The summed E-state index contributed by atoms with van der Waals surface area (Å²) in [5.41, 5.74) is 8.17. The van der Waals surface area contributed by atoms with E-state index in [-0.39, 0.29) is 58.0 Å². The average Bonchev–Trinajstić information content (AvgIpc) is 3.47. The number of para-hydroxylation sites is 2. The Hall–Kier alpha value is -5.07. The zero-order valence-electron chi connectivity index (χ0n) is 34.1. The Kier molecular flexibility index (Phi) is 20.1. The lowest BCUT2D eigenvalue weighted by atomic mass is 9.90. The van der Waals surface area contributed by atoms with Gasteiger partial charge in [0.1, 0.15) is 0 Å². The molecule has 3 heterocycles. The molecule has 8 nitrogen and oxygen atoms in total. The Balaban J connectivity index is 0.000000315. The van der Waals surface area contributed by atoms with Crippen molar-refractivity contribution in [2.24, 2.45) is 0 Å². The Morgan fingerprint density at radius 3 is 1.50 bits per heavy atom. The first-order valence-corrected chi connectivity index (χ1v) is 20.3. The van der Waals surface area contributed by atoms with Gasteiger partial charge in [0.2, 0.25) is 0 Å². The molecule has 0 saturated carbocycles. The molecule has 4 aromatic carbocycles. The van der Waals surface area contributed by atoms with Crippen LogP contribution in [0.25, 0.3) is 50.1 Å². The van der Waals surface area contributed by atoms with Crippen LogP contribution in [0.15, 0.2) is 133 Å². The van der Waals surface area contributed by atoms with E-state index in [1.165, 1.54) is 14.2 Å². The lowest BCUT2D eigenvalue weighted by molar-refractivity contribution is -0.140. The minimum absolute atomic E-state index is 0. The van der Waals surface area contributed by atoms with Crippen LogP contribution in [0.3, 0.4) is 0 Å². The lowest BCUT2D eigenvalue weighted by Gasteiger charge is -2.32. The fourth-order valence-electron chi connectivity index (χ4n) is 6.28. The van der Waals surface area contributed by atoms with E-state index < -0.39 is 0 Å². The number of carbonyl (C=O) groups excluding carboxylic acids is 2. The molecular weight excluding hydrogens is 835 g/mol. The highest BCUT2D eigenvalue weighted by atomic mass is 79.9. The molecule has 316 valence electrons. The molecule has 6 aromatic rings. The molecule has 2 aromatic heterocycles. The Morgan fingerprint density at radius 1 is 0.683 bits per heavy atom. The summed E-state index contributed by atoms with van der Waals surface area (Å²) < 4.78 is 21.7. The van der Waals surface area contributed by atoms with Gasteiger partial charge in [0, 0.05) is 33.2 Å². The molecule has 0 N–H and O–H groups in total. The smallest absolute Gasteiger partial charge is 0.469 e. The quantitative estimate of drug-likeness (QED) is 0.0917. The van der Waals surface area contributed by atoms with Crippen LogP contribution in [-0.4, -0.2) is 60.7 Å². The number of aromatic nitrogens is 2. The Labute approximate surface area is 371 Å². The van der Waals surface area contributed by atoms with E-state index in [2.05, 4.69) is 51.7 Å². The van der Waals surface area contributed by atoms with Gasteiger partial charge in [-0.3, -0.25) is 19.6 Å². The summed E-state index contributed by atoms with van der Waals surface area (Å²) in [4.78, 5) is 32.5.